The molecular weight excluding hydrogens is 358 g/mol. The van der Waals surface area contributed by atoms with E-state index < -0.39 is 23.4 Å². The number of rotatable bonds is 4. The van der Waals surface area contributed by atoms with E-state index in [1.54, 1.807) is 11.4 Å². The summed E-state index contributed by atoms with van der Waals surface area (Å²) in [6.45, 7) is 1.21. The number of amides is 2. The highest BCUT2D eigenvalue weighted by Gasteiger charge is 2.18. The Balaban J connectivity index is 1.90. The molecule has 1 heterocycles. The summed E-state index contributed by atoms with van der Waals surface area (Å²) in [7, 11) is 0. The molecule has 0 spiro atoms. The molecular formula is C19H14F2N2O2S. The maximum Gasteiger partial charge on any atom is 0.266 e. The second-order valence-electron chi connectivity index (χ2n) is 5.48. The molecule has 0 radical (unpaired) electrons. The highest BCUT2D eigenvalue weighted by Crippen LogP contribution is 2.30. The van der Waals surface area contributed by atoms with Crippen molar-refractivity contribution in [2.45, 2.75) is 6.92 Å². The van der Waals surface area contributed by atoms with Gasteiger partial charge in [0.1, 0.15) is 11.6 Å². The predicted molar refractivity (Wildman–Crippen MR) is 98.4 cm³/mol. The van der Waals surface area contributed by atoms with Crippen molar-refractivity contribution in [1.29, 1.82) is 0 Å². The van der Waals surface area contributed by atoms with Gasteiger partial charge in [-0.05, 0) is 23.1 Å². The van der Waals surface area contributed by atoms with E-state index in [-0.39, 0.29) is 11.4 Å². The number of thiophene rings is 1. The average molecular weight is 372 g/mol. The largest absolute Gasteiger partial charge is 0.324 e. The van der Waals surface area contributed by atoms with Crippen molar-refractivity contribution in [1.82, 2.24) is 0 Å². The predicted octanol–water partition coefficient (Wildman–Crippen LogP) is 4.90. The molecule has 132 valence electrons. The lowest BCUT2D eigenvalue weighted by Crippen LogP contribution is -2.14. The Morgan fingerprint density at radius 1 is 0.923 bits per heavy atom. The van der Waals surface area contributed by atoms with E-state index in [2.05, 4.69) is 10.6 Å². The van der Waals surface area contributed by atoms with Crippen molar-refractivity contribution >= 4 is 34.5 Å². The fraction of sp³-hybridized carbons (Fsp3) is 0.0526. The number of benzene rings is 2. The SMILES string of the molecule is CC(=O)Nc1cc(NC(=O)c2sccc2-c2ccccc2)c(F)cc1F. The molecule has 2 N–H and O–H groups in total. The Labute approximate surface area is 152 Å². The zero-order valence-electron chi connectivity index (χ0n) is 13.7. The van der Waals surface area contributed by atoms with Crippen molar-refractivity contribution in [3.8, 4) is 11.1 Å². The first kappa shape index (κ1) is 17.8. The minimum absolute atomic E-state index is 0.205. The van der Waals surface area contributed by atoms with Gasteiger partial charge in [-0.25, -0.2) is 8.78 Å². The molecule has 0 atom stereocenters. The maximum atomic E-state index is 14.0. The summed E-state index contributed by atoms with van der Waals surface area (Å²) in [4.78, 5) is 24.1. The Morgan fingerprint density at radius 3 is 2.23 bits per heavy atom. The van der Waals surface area contributed by atoms with Gasteiger partial charge in [-0.3, -0.25) is 9.59 Å². The summed E-state index contributed by atoms with van der Waals surface area (Å²) in [5.41, 5.74) is 1.16. The number of anilines is 2. The Hall–Kier alpha value is -3.06. The maximum absolute atomic E-state index is 14.0. The normalized spacial score (nSPS) is 10.4. The third-order valence-corrected chi connectivity index (χ3v) is 4.49. The van der Waals surface area contributed by atoms with E-state index in [4.69, 9.17) is 0 Å². The van der Waals surface area contributed by atoms with Crippen molar-refractivity contribution in [2.24, 2.45) is 0 Å². The summed E-state index contributed by atoms with van der Waals surface area (Å²) in [5, 5.41) is 6.46. The third kappa shape index (κ3) is 3.78. The number of halogens is 2. The summed E-state index contributed by atoms with van der Waals surface area (Å²) >= 11 is 1.22. The van der Waals surface area contributed by atoms with Gasteiger partial charge in [-0.1, -0.05) is 30.3 Å². The van der Waals surface area contributed by atoms with Crippen molar-refractivity contribution in [2.75, 3.05) is 10.6 Å². The van der Waals surface area contributed by atoms with Gasteiger partial charge in [-0.2, -0.15) is 0 Å². The first-order valence-corrected chi connectivity index (χ1v) is 8.54. The average Bonchev–Trinajstić information content (AvgIpc) is 3.09. The zero-order chi connectivity index (χ0) is 18.7. The van der Waals surface area contributed by atoms with E-state index >= 15 is 0 Å². The second-order valence-corrected chi connectivity index (χ2v) is 6.39. The fourth-order valence-corrected chi connectivity index (χ4v) is 3.25. The minimum Gasteiger partial charge on any atom is -0.324 e. The van der Waals surface area contributed by atoms with Crippen LogP contribution in [0.15, 0.2) is 53.9 Å². The lowest BCUT2D eigenvalue weighted by molar-refractivity contribution is -0.114. The third-order valence-electron chi connectivity index (χ3n) is 3.57. The number of nitrogens with one attached hydrogen (secondary N) is 2. The molecule has 0 saturated heterocycles. The van der Waals surface area contributed by atoms with Gasteiger partial charge in [0.05, 0.1) is 16.3 Å². The van der Waals surface area contributed by atoms with Crippen LogP contribution in [-0.2, 0) is 4.79 Å². The van der Waals surface area contributed by atoms with Crippen LogP contribution < -0.4 is 10.6 Å². The number of carbonyl (C=O) groups excluding carboxylic acids is 2. The molecule has 0 aliphatic carbocycles. The van der Waals surface area contributed by atoms with Crippen LogP contribution in [0.1, 0.15) is 16.6 Å². The number of hydrogen-bond donors (Lipinski definition) is 2. The van der Waals surface area contributed by atoms with Gasteiger partial charge in [0.15, 0.2) is 0 Å². The molecule has 0 fully saturated rings. The number of carbonyl (C=O) groups is 2. The van der Waals surface area contributed by atoms with E-state index in [0.29, 0.717) is 10.9 Å². The number of hydrogen-bond acceptors (Lipinski definition) is 3. The summed E-state index contributed by atoms with van der Waals surface area (Å²) in [5.74, 6) is -2.87. The van der Waals surface area contributed by atoms with Crippen LogP contribution in [0.25, 0.3) is 11.1 Å². The molecule has 2 amide bonds. The molecule has 0 unspecified atom stereocenters. The van der Waals surface area contributed by atoms with Crippen LogP contribution in [0.2, 0.25) is 0 Å². The molecule has 26 heavy (non-hydrogen) atoms. The Bertz CT molecular complexity index is 971. The molecule has 3 rings (SSSR count). The highest BCUT2D eigenvalue weighted by atomic mass is 32.1. The molecule has 0 saturated carbocycles. The quantitative estimate of drug-likeness (QED) is 0.684. The van der Waals surface area contributed by atoms with Crippen LogP contribution >= 0.6 is 11.3 Å². The molecule has 0 bridgehead atoms. The molecule has 0 aliphatic rings. The van der Waals surface area contributed by atoms with Crippen LogP contribution in [0, 0.1) is 11.6 Å². The Kier molecular flexibility index (Phi) is 5.09. The molecule has 3 aromatic rings. The van der Waals surface area contributed by atoms with Crippen LogP contribution in [0.4, 0.5) is 20.2 Å². The van der Waals surface area contributed by atoms with Gasteiger partial charge in [0.2, 0.25) is 5.91 Å². The minimum atomic E-state index is -0.928. The van der Waals surface area contributed by atoms with Gasteiger partial charge >= 0.3 is 0 Å². The lowest BCUT2D eigenvalue weighted by atomic mass is 10.1. The molecule has 2 aromatic carbocycles. The zero-order valence-corrected chi connectivity index (χ0v) is 14.5. The first-order chi connectivity index (χ1) is 12.5. The van der Waals surface area contributed by atoms with Gasteiger partial charge in [0.25, 0.3) is 5.91 Å². The molecule has 0 aliphatic heterocycles. The van der Waals surface area contributed by atoms with E-state index in [9.17, 15) is 18.4 Å². The van der Waals surface area contributed by atoms with Gasteiger partial charge in [-0.15, -0.1) is 11.3 Å². The smallest absolute Gasteiger partial charge is 0.266 e. The molecule has 1 aromatic heterocycles. The lowest BCUT2D eigenvalue weighted by Gasteiger charge is -2.10. The summed E-state index contributed by atoms with van der Waals surface area (Å²) in [6.07, 6.45) is 0. The monoisotopic (exact) mass is 372 g/mol. The van der Waals surface area contributed by atoms with E-state index in [1.807, 2.05) is 30.3 Å². The Morgan fingerprint density at radius 2 is 1.58 bits per heavy atom. The second kappa shape index (κ2) is 7.45. The standard InChI is InChI=1S/C19H14F2N2O2S/c1-11(24)22-16-10-17(15(21)9-14(16)20)23-19(25)18-13(7-8-26-18)12-5-3-2-4-6-12/h2-10H,1H3,(H,22,24)(H,23,25). The topological polar surface area (TPSA) is 58.2 Å². The van der Waals surface area contributed by atoms with Crippen LogP contribution in [0.3, 0.4) is 0 Å². The van der Waals surface area contributed by atoms with Crippen molar-refractivity contribution in [3.05, 3.63) is 70.4 Å². The fourth-order valence-electron chi connectivity index (χ4n) is 2.44. The highest BCUT2D eigenvalue weighted by molar-refractivity contribution is 7.12. The summed E-state index contributed by atoms with van der Waals surface area (Å²) in [6, 6.07) is 12.8. The molecule has 7 heteroatoms. The van der Waals surface area contributed by atoms with Gasteiger partial charge < -0.3 is 10.6 Å². The van der Waals surface area contributed by atoms with Crippen LogP contribution in [-0.4, -0.2) is 11.8 Å². The summed E-state index contributed by atoms with van der Waals surface area (Å²) < 4.78 is 27.8. The van der Waals surface area contributed by atoms with Crippen molar-refractivity contribution < 1.29 is 18.4 Å². The first-order valence-electron chi connectivity index (χ1n) is 7.66. The van der Waals surface area contributed by atoms with E-state index in [1.165, 1.54) is 18.3 Å². The van der Waals surface area contributed by atoms with Crippen molar-refractivity contribution in [3.63, 3.8) is 0 Å². The molecule has 4 nitrogen and oxygen atoms in total. The van der Waals surface area contributed by atoms with Gasteiger partial charge in [0, 0.05) is 18.6 Å². The van der Waals surface area contributed by atoms with Crippen LogP contribution in [0.5, 0.6) is 0 Å². The van der Waals surface area contributed by atoms with E-state index in [0.717, 1.165) is 17.2 Å².